The predicted octanol–water partition coefficient (Wildman–Crippen LogP) is 18.9. The second kappa shape index (κ2) is 37.7. The van der Waals surface area contributed by atoms with Crippen LogP contribution >= 0.6 is 76.4 Å². The number of benzene rings is 6. The van der Waals surface area contributed by atoms with E-state index in [0.29, 0.717) is 52.7 Å². The van der Waals surface area contributed by atoms with Gasteiger partial charge >= 0.3 is 49.7 Å². The van der Waals surface area contributed by atoms with Gasteiger partial charge < -0.3 is 66.7 Å². The fourth-order valence-corrected chi connectivity index (χ4v) is 10.3. The van der Waals surface area contributed by atoms with Crippen LogP contribution in [0, 0.1) is 45.3 Å². The van der Waals surface area contributed by atoms with Gasteiger partial charge in [-0.2, -0.15) is 21.0 Å². The first kappa shape index (κ1) is 92.2. The van der Waals surface area contributed by atoms with Crippen molar-refractivity contribution in [2.45, 2.75) is 140 Å². The number of carboxylic acid groups (broad SMARTS) is 1. The smallest absolute Gasteiger partial charge is 0.481 e. The van der Waals surface area contributed by atoms with Gasteiger partial charge in [-0.25, -0.2) is 4.21 Å². The number of halogens is 18. The molecule has 6 aromatic carbocycles. The Hall–Kier alpha value is -9.41. The van der Waals surface area contributed by atoms with E-state index in [-0.39, 0.29) is 115 Å². The Morgan fingerprint density at radius 3 is 1.17 bits per heavy atom. The third-order valence-corrected chi connectivity index (χ3v) is 16.9. The van der Waals surface area contributed by atoms with Crippen molar-refractivity contribution < 1.29 is 143 Å². The Bertz CT molecular complexity index is 4500. The van der Waals surface area contributed by atoms with Gasteiger partial charge in [0.1, 0.15) is 5.78 Å². The molecule has 0 radical (unpaired) electrons. The summed E-state index contributed by atoms with van der Waals surface area (Å²) in [6.07, 6.45) is -17.7. The minimum absolute atomic E-state index is 0. The van der Waals surface area contributed by atoms with Crippen LogP contribution in [0.4, 0.5) is 52.7 Å². The summed E-state index contributed by atoms with van der Waals surface area (Å²) in [6.45, 7) is 3.12. The van der Waals surface area contributed by atoms with E-state index in [1.807, 2.05) is 6.07 Å². The zero-order chi connectivity index (χ0) is 80.9. The van der Waals surface area contributed by atoms with Gasteiger partial charge in [0.25, 0.3) is 0 Å². The Morgan fingerprint density at radius 1 is 0.523 bits per heavy atom. The van der Waals surface area contributed by atoms with Crippen LogP contribution in [0.3, 0.4) is 0 Å². The van der Waals surface area contributed by atoms with Crippen molar-refractivity contribution in [3.05, 3.63) is 141 Å². The molecular formula is C69H56Br2Cl4F12N4O19S. The van der Waals surface area contributed by atoms with E-state index in [4.69, 9.17) is 58.3 Å². The monoisotopic (exact) mass is 1800 g/mol. The Labute approximate surface area is 661 Å². The lowest BCUT2D eigenvalue weighted by molar-refractivity contribution is -0.287. The van der Waals surface area contributed by atoms with Gasteiger partial charge in [0.15, 0.2) is 74.9 Å². The normalized spacial score (nSPS) is 17.8. The average Bonchev–Trinajstić information content (AvgIpc) is 1.61. The highest BCUT2D eigenvalue weighted by Gasteiger charge is 2.55. The molecule has 0 saturated heterocycles. The van der Waals surface area contributed by atoms with Gasteiger partial charge in [0.2, 0.25) is 14.5 Å². The van der Waals surface area contributed by atoms with E-state index in [2.05, 4.69) is 116 Å². The number of hydrogen-bond donors (Lipinski definition) is 1. The van der Waals surface area contributed by atoms with Gasteiger partial charge in [0, 0.05) is 37.0 Å². The lowest BCUT2D eigenvalue weighted by atomic mass is 9.96. The van der Waals surface area contributed by atoms with E-state index >= 15 is 0 Å². The Morgan fingerprint density at radius 2 is 0.856 bits per heavy atom. The number of fused-ring (bicyclic) bond motifs is 6. The number of esters is 1. The highest BCUT2D eigenvalue weighted by molar-refractivity contribution is 9.10. The summed E-state index contributed by atoms with van der Waals surface area (Å²) in [5.41, 5.74) is 0.455. The van der Waals surface area contributed by atoms with Crippen LogP contribution in [0.2, 0.25) is 0 Å². The van der Waals surface area contributed by atoms with E-state index < -0.39 is 86.3 Å². The molecule has 1 unspecified atom stereocenters. The van der Waals surface area contributed by atoms with Crippen LogP contribution < -0.4 is 56.8 Å². The van der Waals surface area contributed by atoms with Crippen molar-refractivity contribution in [1.29, 1.82) is 21.0 Å². The quantitative estimate of drug-likeness (QED) is 0.0545. The van der Waals surface area contributed by atoms with Crippen molar-refractivity contribution >= 4 is 109 Å². The molecule has 0 aromatic heterocycles. The average molecular weight is 1810 g/mol. The summed E-state index contributed by atoms with van der Waals surface area (Å²) >= 11 is 16.9. The SMILES string of the molecule is C.C.CC(=O)CC#N.CCOC(=O)C(C#N)c1ccc2c(c1)OC(F)(F)O2.ClCCBr.FC1(F)Oc2ccc(Br)cc2O1.N#CC1(c2ccc3c(c2)OC(F)(F)O3)CC1.N#CCc1ccc2c(c1)OC(F)(F)O2.O=C(Cl)C1(c2ccc3c(c2)OC(F)(F)O3)CC1.O=C(O)C1(c2ccc3c(c2)OC(F)(F)O3)CC1.O=S(Cl)Cl. The van der Waals surface area contributed by atoms with Crippen molar-refractivity contribution in [3.63, 3.8) is 0 Å². The van der Waals surface area contributed by atoms with Crippen molar-refractivity contribution in [2.75, 3.05) is 17.8 Å². The summed E-state index contributed by atoms with van der Waals surface area (Å²) < 4.78 is 218. The third-order valence-electron chi connectivity index (χ3n) is 15.0. The van der Waals surface area contributed by atoms with Crippen LogP contribution in [-0.4, -0.2) is 87.9 Å². The predicted molar refractivity (Wildman–Crippen MR) is 373 cm³/mol. The van der Waals surface area contributed by atoms with Gasteiger partial charge in [-0.05, 0) is 171 Å². The second-order valence-corrected chi connectivity index (χ2v) is 27.7. The standard InChI is InChI=1S/C12H9F2NO4.C11H7ClF2O3.C11H7F2NO2.C11H8F2O4.C9H5F2NO2.C7H3BrF2O2.C4H5NO.C2H4BrCl.2CH4.Cl2OS/c1-2-17-11(16)8(6-15)7-3-4-9-10(5-7)19-12(13,14)18-9;12-9(15)10(3-4-10)6-1-2-7-8(5-6)17-11(13,14)16-7;12-11(13)15-8-2-1-7(5-9(8)16-11)10(6-14)3-4-10;12-11(13)16-7-2-1-6(5-8(7)17-11)10(3-4-10)9(14)15;10-9(11)13-7-2-1-6(3-4-12)5-8(7)14-9;8-4-1-2-5-6(3-4)12-7(9,10)11-5;1-4(6)2-3-5;3-1-2-4;;;1-4(2)3/h3-5,8H,2H2,1H3;1-2,5H,3-4H2;1-2,5H,3-4H2;1-2,5H,3-4H2,(H,14,15);1-2,5H,3H2;1-3H;2H2,1H3;1-2H2;2*1H4;. The van der Waals surface area contributed by atoms with Crippen molar-refractivity contribution in [3.8, 4) is 93.3 Å². The summed E-state index contributed by atoms with van der Waals surface area (Å²) in [4.78, 5) is 43.8. The maximum absolute atomic E-state index is 12.8. The molecule has 15 rings (SSSR count). The molecule has 3 saturated carbocycles. The number of carbonyl (C=O) groups excluding carboxylic acids is 3. The largest absolute Gasteiger partial charge is 0.586 e. The molecule has 6 heterocycles. The fourth-order valence-electron chi connectivity index (χ4n) is 9.67. The van der Waals surface area contributed by atoms with Crippen molar-refractivity contribution in [2.24, 2.45) is 0 Å². The summed E-state index contributed by atoms with van der Waals surface area (Å²) in [6, 6.07) is 33.0. The van der Waals surface area contributed by atoms with E-state index in [1.165, 1.54) is 91.9 Å². The zero-order valence-corrected chi connectivity index (χ0v) is 62.1. The number of Topliss-reactive ketones (excluding diaryl/α,β-unsaturated/α-hetero) is 1. The first-order valence-electron chi connectivity index (χ1n) is 30.5. The number of alkyl halides is 14. The lowest BCUT2D eigenvalue weighted by Crippen LogP contribution is -2.26. The molecule has 3 aliphatic carbocycles. The molecule has 598 valence electrons. The number of ketones is 1. The summed E-state index contributed by atoms with van der Waals surface area (Å²) in [5.74, 6) is -2.77. The van der Waals surface area contributed by atoms with Gasteiger partial charge in [0.05, 0.1) is 60.0 Å². The van der Waals surface area contributed by atoms with Crippen LogP contribution in [0.1, 0.15) is 107 Å². The molecule has 0 spiro atoms. The number of carbonyl (C=O) groups is 4. The molecule has 23 nitrogen and oxygen atoms in total. The molecule has 0 bridgehead atoms. The Balaban J connectivity index is 0.000000230. The summed E-state index contributed by atoms with van der Waals surface area (Å²) in [7, 11) is 7.36. The van der Waals surface area contributed by atoms with Crippen LogP contribution in [0.5, 0.6) is 69.0 Å². The first-order chi connectivity index (χ1) is 51.0. The number of rotatable bonds is 11. The summed E-state index contributed by atoms with van der Waals surface area (Å²) in [5, 5.41) is 43.6. The number of ether oxygens (including phenoxy) is 13. The van der Waals surface area contributed by atoms with Gasteiger partial charge in [-0.1, -0.05) is 77.0 Å². The highest BCUT2D eigenvalue weighted by Crippen LogP contribution is 2.55. The maximum atomic E-state index is 12.8. The molecule has 6 aliphatic heterocycles. The number of aliphatic carboxylic acids is 1. The molecule has 3 fully saturated rings. The molecule has 111 heavy (non-hydrogen) atoms. The minimum Gasteiger partial charge on any atom is -0.481 e. The first-order valence-corrected chi connectivity index (χ1v) is 36.1. The maximum Gasteiger partial charge on any atom is 0.586 e. The second-order valence-electron chi connectivity index (χ2n) is 22.8. The minimum atomic E-state index is -3.73. The highest BCUT2D eigenvalue weighted by atomic mass is 79.9. The molecule has 6 aromatic rings. The van der Waals surface area contributed by atoms with Crippen LogP contribution in [0.15, 0.2) is 114 Å². The van der Waals surface area contributed by atoms with E-state index in [1.54, 1.807) is 43.3 Å². The molecule has 1 N–H and O–H groups in total. The third kappa shape index (κ3) is 25.3. The van der Waals surface area contributed by atoms with Crippen molar-refractivity contribution in [1.82, 2.24) is 0 Å². The van der Waals surface area contributed by atoms with E-state index in [0.717, 1.165) is 23.7 Å². The molecular weight excluding hydrogens is 1750 g/mol. The van der Waals surface area contributed by atoms with Crippen LogP contribution in [0.25, 0.3) is 0 Å². The van der Waals surface area contributed by atoms with Crippen LogP contribution in [-0.2, 0) is 55.8 Å². The van der Waals surface area contributed by atoms with Gasteiger partial charge in [-0.3, -0.25) is 19.2 Å². The zero-order valence-electron chi connectivity index (χ0n) is 55.0. The van der Waals surface area contributed by atoms with E-state index in [9.17, 15) is 71.9 Å². The molecule has 1 atom stereocenters. The number of nitriles is 4. The number of hydrogen-bond acceptors (Lipinski definition) is 22. The number of nitrogens with zero attached hydrogens (tertiary/aromatic N) is 4. The van der Waals surface area contributed by atoms with Gasteiger partial charge in [-0.15, -0.1) is 64.3 Å². The fraction of sp³-hybridized carbons (Fsp3) is 0.362. The molecule has 0 amide bonds. The topological polar surface area (TPSA) is 321 Å². The molecule has 9 aliphatic rings. The lowest BCUT2D eigenvalue weighted by Gasteiger charge is -2.10. The molecule has 42 heteroatoms. The number of carboxylic acids is 1. The Kier molecular flexibility index (Phi) is 31.3.